The van der Waals surface area contributed by atoms with Gasteiger partial charge in [0.15, 0.2) is 0 Å². The number of ether oxygens (including phenoxy) is 1. The van der Waals surface area contributed by atoms with Gasteiger partial charge in [-0.1, -0.05) is 30.3 Å². The van der Waals surface area contributed by atoms with Crippen LogP contribution in [0.25, 0.3) is 11.3 Å². The monoisotopic (exact) mass is 350 g/mol. The molecule has 1 aromatic heterocycles. The van der Waals surface area contributed by atoms with Crippen molar-refractivity contribution in [2.45, 2.75) is 6.92 Å². The van der Waals surface area contributed by atoms with Gasteiger partial charge in [-0.15, -0.1) is 0 Å². The van der Waals surface area contributed by atoms with Gasteiger partial charge in [0.05, 0.1) is 18.9 Å². The highest BCUT2D eigenvalue weighted by Crippen LogP contribution is 2.24. The number of aliphatic hydroxyl groups excluding tert-OH is 1. The van der Waals surface area contributed by atoms with Gasteiger partial charge in [0.2, 0.25) is 5.95 Å². The maximum absolute atomic E-state index is 9.04. The Morgan fingerprint density at radius 3 is 2.46 bits per heavy atom. The fourth-order valence-corrected chi connectivity index (χ4v) is 2.46. The van der Waals surface area contributed by atoms with Crippen molar-refractivity contribution >= 4 is 17.5 Å². The van der Waals surface area contributed by atoms with Crippen LogP contribution in [0.5, 0.6) is 5.75 Å². The molecule has 3 aromatic rings. The zero-order valence-corrected chi connectivity index (χ0v) is 14.6. The van der Waals surface area contributed by atoms with Gasteiger partial charge in [0.1, 0.15) is 11.6 Å². The Labute approximate surface area is 152 Å². The van der Waals surface area contributed by atoms with Crippen LogP contribution in [0.3, 0.4) is 0 Å². The summed E-state index contributed by atoms with van der Waals surface area (Å²) in [4.78, 5) is 9.00. The lowest BCUT2D eigenvalue weighted by Gasteiger charge is -2.11. The number of aromatic nitrogens is 2. The van der Waals surface area contributed by atoms with Crippen LogP contribution >= 0.6 is 0 Å². The number of rotatable bonds is 8. The summed E-state index contributed by atoms with van der Waals surface area (Å²) in [7, 11) is 0. The van der Waals surface area contributed by atoms with E-state index in [1.807, 2.05) is 67.6 Å². The number of anilines is 3. The standard InChI is InChI=1S/C20H22N4O2/c1-2-26-17-10-8-16(9-11-17)22-19-14-18(15-6-4-3-5-7-15)23-20(24-19)21-12-13-25/h3-11,14,25H,2,12-13H2,1H3,(H2,21,22,23,24). The lowest BCUT2D eigenvalue weighted by Crippen LogP contribution is -2.10. The minimum Gasteiger partial charge on any atom is -0.494 e. The summed E-state index contributed by atoms with van der Waals surface area (Å²) in [6.07, 6.45) is 0. The molecule has 134 valence electrons. The molecule has 3 N–H and O–H groups in total. The van der Waals surface area contributed by atoms with Crippen LogP contribution in [0.1, 0.15) is 6.92 Å². The number of hydrogen-bond acceptors (Lipinski definition) is 6. The van der Waals surface area contributed by atoms with Crippen molar-refractivity contribution in [1.29, 1.82) is 0 Å². The van der Waals surface area contributed by atoms with Crippen LogP contribution in [0.2, 0.25) is 0 Å². The second-order valence-corrected chi connectivity index (χ2v) is 5.56. The Hall–Kier alpha value is -3.12. The molecule has 1 heterocycles. The summed E-state index contributed by atoms with van der Waals surface area (Å²) in [6.45, 7) is 3.00. The van der Waals surface area contributed by atoms with Crippen molar-refractivity contribution in [1.82, 2.24) is 9.97 Å². The normalized spacial score (nSPS) is 10.4. The van der Waals surface area contributed by atoms with Crippen LogP contribution in [0.4, 0.5) is 17.5 Å². The number of aliphatic hydroxyl groups is 1. The first-order valence-corrected chi connectivity index (χ1v) is 8.57. The molecule has 0 radical (unpaired) electrons. The van der Waals surface area contributed by atoms with Gasteiger partial charge >= 0.3 is 0 Å². The van der Waals surface area contributed by atoms with Crippen molar-refractivity contribution in [3.8, 4) is 17.0 Å². The maximum Gasteiger partial charge on any atom is 0.225 e. The number of nitrogens with one attached hydrogen (secondary N) is 2. The lowest BCUT2D eigenvalue weighted by molar-refractivity contribution is 0.311. The molecule has 0 bridgehead atoms. The molecular formula is C20H22N4O2. The van der Waals surface area contributed by atoms with Gasteiger partial charge in [-0.2, -0.15) is 4.98 Å². The van der Waals surface area contributed by atoms with Crippen molar-refractivity contribution < 1.29 is 9.84 Å². The molecule has 0 aliphatic carbocycles. The zero-order chi connectivity index (χ0) is 18.2. The Morgan fingerprint density at radius 1 is 1.00 bits per heavy atom. The van der Waals surface area contributed by atoms with E-state index < -0.39 is 0 Å². The van der Waals surface area contributed by atoms with E-state index in [0.717, 1.165) is 22.7 Å². The molecule has 0 unspecified atom stereocenters. The minimum atomic E-state index is 0.0145. The Kier molecular flexibility index (Phi) is 6.01. The van der Waals surface area contributed by atoms with Crippen molar-refractivity contribution in [3.63, 3.8) is 0 Å². The predicted octanol–water partition coefficient (Wildman–Crippen LogP) is 3.69. The fourth-order valence-electron chi connectivity index (χ4n) is 2.46. The molecule has 0 saturated heterocycles. The van der Waals surface area contributed by atoms with E-state index in [4.69, 9.17) is 9.84 Å². The molecule has 0 aliphatic rings. The second kappa shape index (κ2) is 8.82. The quantitative estimate of drug-likeness (QED) is 0.575. The van der Waals surface area contributed by atoms with Crippen molar-refractivity contribution in [2.24, 2.45) is 0 Å². The van der Waals surface area contributed by atoms with Crippen LogP contribution in [-0.4, -0.2) is 34.8 Å². The van der Waals surface area contributed by atoms with Gasteiger partial charge in [0, 0.05) is 23.9 Å². The van der Waals surface area contributed by atoms with Gasteiger partial charge in [-0.3, -0.25) is 0 Å². The summed E-state index contributed by atoms with van der Waals surface area (Å²) in [6, 6.07) is 19.5. The zero-order valence-electron chi connectivity index (χ0n) is 14.6. The van der Waals surface area contributed by atoms with Gasteiger partial charge in [-0.05, 0) is 31.2 Å². The van der Waals surface area contributed by atoms with E-state index in [-0.39, 0.29) is 6.61 Å². The van der Waals surface area contributed by atoms with E-state index >= 15 is 0 Å². The average molecular weight is 350 g/mol. The van der Waals surface area contributed by atoms with Gasteiger partial charge in [0.25, 0.3) is 0 Å². The third kappa shape index (κ3) is 4.70. The van der Waals surface area contributed by atoms with Crippen molar-refractivity contribution in [2.75, 3.05) is 30.4 Å². The molecule has 6 nitrogen and oxygen atoms in total. The maximum atomic E-state index is 9.04. The van der Waals surface area contributed by atoms with Crippen LogP contribution in [-0.2, 0) is 0 Å². The summed E-state index contributed by atoms with van der Waals surface area (Å²) in [5, 5.41) is 15.4. The number of benzene rings is 2. The Morgan fingerprint density at radius 2 is 1.77 bits per heavy atom. The Balaban J connectivity index is 1.87. The predicted molar refractivity (Wildman–Crippen MR) is 104 cm³/mol. The summed E-state index contributed by atoms with van der Waals surface area (Å²) in [5.74, 6) is 1.97. The molecule has 0 atom stereocenters. The van der Waals surface area contributed by atoms with Crippen LogP contribution < -0.4 is 15.4 Å². The first kappa shape index (κ1) is 17.7. The first-order chi connectivity index (χ1) is 12.8. The molecule has 0 fully saturated rings. The summed E-state index contributed by atoms with van der Waals surface area (Å²) in [5.41, 5.74) is 2.70. The molecule has 0 saturated carbocycles. The third-order valence-electron chi connectivity index (χ3n) is 3.63. The molecule has 0 amide bonds. The molecule has 2 aromatic carbocycles. The van der Waals surface area contributed by atoms with E-state index in [0.29, 0.717) is 24.9 Å². The highest BCUT2D eigenvalue weighted by atomic mass is 16.5. The average Bonchev–Trinajstić information content (AvgIpc) is 2.69. The van der Waals surface area contributed by atoms with E-state index in [2.05, 4.69) is 20.6 Å². The van der Waals surface area contributed by atoms with E-state index in [1.54, 1.807) is 0 Å². The summed E-state index contributed by atoms with van der Waals surface area (Å²) < 4.78 is 5.46. The SMILES string of the molecule is CCOc1ccc(Nc2cc(-c3ccccc3)nc(NCCO)n2)cc1. The summed E-state index contributed by atoms with van der Waals surface area (Å²) >= 11 is 0. The third-order valence-corrected chi connectivity index (χ3v) is 3.63. The largest absolute Gasteiger partial charge is 0.494 e. The Bertz CT molecular complexity index is 823. The van der Waals surface area contributed by atoms with E-state index in [9.17, 15) is 0 Å². The molecule has 0 aliphatic heterocycles. The van der Waals surface area contributed by atoms with Crippen molar-refractivity contribution in [3.05, 3.63) is 60.7 Å². The lowest BCUT2D eigenvalue weighted by atomic mass is 10.1. The molecular weight excluding hydrogens is 328 g/mol. The fraction of sp³-hybridized carbons (Fsp3) is 0.200. The van der Waals surface area contributed by atoms with E-state index in [1.165, 1.54) is 0 Å². The number of nitrogens with zero attached hydrogens (tertiary/aromatic N) is 2. The second-order valence-electron chi connectivity index (χ2n) is 5.56. The van der Waals surface area contributed by atoms with Gasteiger partial charge < -0.3 is 20.5 Å². The number of hydrogen-bond donors (Lipinski definition) is 3. The highest BCUT2D eigenvalue weighted by Gasteiger charge is 2.07. The van der Waals surface area contributed by atoms with Gasteiger partial charge in [-0.25, -0.2) is 4.98 Å². The molecule has 3 rings (SSSR count). The first-order valence-electron chi connectivity index (χ1n) is 8.57. The molecule has 0 spiro atoms. The highest BCUT2D eigenvalue weighted by molar-refractivity contribution is 5.67. The molecule has 6 heteroatoms. The van der Waals surface area contributed by atoms with Crippen LogP contribution in [0.15, 0.2) is 60.7 Å². The minimum absolute atomic E-state index is 0.0145. The smallest absolute Gasteiger partial charge is 0.225 e. The topological polar surface area (TPSA) is 79.3 Å². The van der Waals surface area contributed by atoms with Crippen LogP contribution in [0, 0.1) is 0 Å². The molecule has 26 heavy (non-hydrogen) atoms.